The fourth-order valence-electron chi connectivity index (χ4n) is 2.79. The van der Waals surface area contributed by atoms with Crippen molar-refractivity contribution in [1.29, 1.82) is 0 Å². The van der Waals surface area contributed by atoms with Gasteiger partial charge < -0.3 is 9.88 Å². The van der Waals surface area contributed by atoms with E-state index in [4.69, 9.17) is 11.6 Å². The van der Waals surface area contributed by atoms with Gasteiger partial charge in [0.25, 0.3) is 0 Å². The van der Waals surface area contributed by atoms with Gasteiger partial charge in [-0.1, -0.05) is 40.5 Å². The lowest BCUT2D eigenvalue weighted by atomic mass is 10.1. The molecule has 0 bridgehead atoms. The van der Waals surface area contributed by atoms with Crippen molar-refractivity contribution < 1.29 is 0 Å². The number of rotatable bonds is 6. The Bertz CT molecular complexity index is 619. The molecule has 1 saturated carbocycles. The summed E-state index contributed by atoms with van der Waals surface area (Å²) >= 11 is 9.75. The summed E-state index contributed by atoms with van der Waals surface area (Å²) in [6.45, 7) is 4.01. The molecule has 2 aromatic rings. The highest BCUT2D eigenvalue weighted by Crippen LogP contribution is 2.41. The first kappa shape index (κ1) is 15.1. The Morgan fingerprint density at radius 1 is 1.38 bits per heavy atom. The van der Waals surface area contributed by atoms with Crippen molar-refractivity contribution in [1.82, 2.24) is 9.88 Å². The van der Waals surface area contributed by atoms with Crippen molar-refractivity contribution in [2.24, 2.45) is 5.92 Å². The molecule has 1 fully saturated rings. The monoisotopic (exact) mass is 366 g/mol. The van der Waals surface area contributed by atoms with Gasteiger partial charge in [-0.05, 0) is 54.6 Å². The Kier molecular flexibility index (Phi) is 4.72. The molecule has 21 heavy (non-hydrogen) atoms. The Hall–Kier alpha value is -0.770. The minimum Gasteiger partial charge on any atom is -0.350 e. The van der Waals surface area contributed by atoms with Gasteiger partial charge in [-0.2, -0.15) is 0 Å². The SMILES string of the molecule is CCNC(c1ccn(Cc2ccc(Br)cc2Cl)c1)C1CC1. The Morgan fingerprint density at radius 2 is 2.19 bits per heavy atom. The number of hydrogen-bond acceptors (Lipinski definition) is 1. The van der Waals surface area contributed by atoms with E-state index in [2.05, 4.69) is 57.3 Å². The molecule has 1 aliphatic rings. The molecule has 1 heterocycles. The molecular formula is C17H20BrClN2. The summed E-state index contributed by atoms with van der Waals surface area (Å²) in [4.78, 5) is 0. The number of hydrogen-bond donors (Lipinski definition) is 1. The highest BCUT2D eigenvalue weighted by atomic mass is 79.9. The lowest BCUT2D eigenvalue weighted by Crippen LogP contribution is -2.22. The molecule has 0 saturated heterocycles. The predicted octanol–water partition coefficient (Wildman–Crippen LogP) is 5.01. The van der Waals surface area contributed by atoms with Crippen molar-refractivity contribution in [3.8, 4) is 0 Å². The maximum Gasteiger partial charge on any atom is 0.0485 e. The van der Waals surface area contributed by atoms with Crippen molar-refractivity contribution in [3.05, 3.63) is 57.3 Å². The Labute approximate surface area is 139 Å². The summed E-state index contributed by atoms with van der Waals surface area (Å²) < 4.78 is 3.24. The average molecular weight is 368 g/mol. The molecule has 1 atom stereocenters. The highest BCUT2D eigenvalue weighted by Gasteiger charge is 2.32. The molecule has 112 valence electrons. The van der Waals surface area contributed by atoms with E-state index in [1.54, 1.807) is 0 Å². The van der Waals surface area contributed by atoms with E-state index < -0.39 is 0 Å². The van der Waals surface area contributed by atoms with Crippen LogP contribution in [0.25, 0.3) is 0 Å². The molecule has 1 aliphatic carbocycles. The first-order valence-electron chi connectivity index (χ1n) is 7.50. The first-order valence-corrected chi connectivity index (χ1v) is 8.67. The Morgan fingerprint density at radius 3 is 2.86 bits per heavy atom. The molecule has 1 unspecified atom stereocenters. The zero-order chi connectivity index (χ0) is 14.8. The van der Waals surface area contributed by atoms with Crippen LogP contribution in [0.4, 0.5) is 0 Å². The van der Waals surface area contributed by atoms with Crippen LogP contribution in [-0.2, 0) is 6.54 Å². The van der Waals surface area contributed by atoms with Crippen LogP contribution in [0, 0.1) is 5.92 Å². The molecule has 0 radical (unpaired) electrons. The van der Waals surface area contributed by atoms with Gasteiger partial charge in [0.1, 0.15) is 0 Å². The zero-order valence-corrected chi connectivity index (χ0v) is 14.5. The second-order valence-electron chi connectivity index (χ2n) is 5.73. The number of halogens is 2. The molecule has 1 aromatic heterocycles. The Balaban J connectivity index is 1.75. The zero-order valence-electron chi connectivity index (χ0n) is 12.2. The molecule has 1 aromatic carbocycles. The molecule has 3 rings (SSSR count). The molecular weight excluding hydrogens is 348 g/mol. The summed E-state index contributed by atoms with van der Waals surface area (Å²) in [6, 6.07) is 8.81. The summed E-state index contributed by atoms with van der Waals surface area (Å²) in [6.07, 6.45) is 7.10. The van der Waals surface area contributed by atoms with E-state index in [9.17, 15) is 0 Å². The fourth-order valence-corrected chi connectivity index (χ4v) is 3.53. The second kappa shape index (κ2) is 6.55. The average Bonchev–Trinajstić information content (AvgIpc) is 3.19. The minimum absolute atomic E-state index is 0.511. The van der Waals surface area contributed by atoms with Gasteiger partial charge in [-0.15, -0.1) is 0 Å². The molecule has 1 N–H and O–H groups in total. The van der Waals surface area contributed by atoms with E-state index in [1.807, 2.05) is 12.1 Å². The third kappa shape index (κ3) is 3.71. The van der Waals surface area contributed by atoms with Crippen LogP contribution in [0.2, 0.25) is 5.02 Å². The fraction of sp³-hybridized carbons (Fsp3) is 0.412. The standard InChI is InChI=1S/C17H20BrClN2/c1-2-20-17(12-3-4-12)14-7-8-21(11-14)10-13-5-6-15(18)9-16(13)19/h5-9,11-12,17,20H,2-4,10H2,1H3. The third-order valence-electron chi connectivity index (χ3n) is 4.02. The van der Waals surface area contributed by atoms with Crippen molar-refractivity contribution >= 4 is 27.5 Å². The molecule has 2 nitrogen and oxygen atoms in total. The van der Waals surface area contributed by atoms with Crippen LogP contribution < -0.4 is 5.32 Å². The van der Waals surface area contributed by atoms with Crippen molar-refractivity contribution in [3.63, 3.8) is 0 Å². The first-order chi connectivity index (χ1) is 10.2. The molecule has 0 aliphatic heterocycles. The third-order valence-corrected chi connectivity index (χ3v) is 4.86. The van der Waals surface area contributed by atoms with Gasteiger partial charge in [-0.25, -0.2) is 0 Å². The van der Waals surface area contributed by atoms with E-state index in [1.165, 1.54) is 18.4 Å². The quantitative estimate of drug-likeness (QED) is 0.759. The van der Waals surface area contributed by atoms with Crippen molar-refractivity contribution in [2.45, 2.75) is 32.4 Å². The number of aromatic nitrogens is 1. The number of nitrogens with one attached hydrogen (secondary N) is 1. The maximum absolute atomic E-state index is 6.30. The lowest BCUT2D eigenvalue weighted by Gasteiger charge is -2.15. The summed E-state index contributed by atoms with van der Waals surface area (Å²) in [5.41, 5.74) is 2.54. The van der Waals surface area contributed by atoms with Gasteiger partial charge in [0.15, 0.2) is 0 Å². The number of nitrogens with zero attached hydrogens (tertiary/aromatic N) is 1. The summed E-state index contributed by atoms with van der Waals surface area (Å²) in [5.74, 6) is 0.817. The summed E-state index contributed by atoms with van der Waals surface area (Å²) in [5, 5.41) is 4.42. The van der Waals surface area contributed by atoms with E-state index in [0.29, 0.717) is 6.04 Å². The van der Waals surface area contributed by atoms with Gasteiger partial charge in [0.05, 0.1) is 0 Å². The van der Waals surface area contributed by atoms with Crippen LogP contribution in [-0.4, -0.2) is 11.1 Å². The van der Waals surface area contributed by atoms with Crippen LogP contribution in [0.3, 0.4) is 0 Å². The largest absolute Gasteiger partial charge is 0.350 e. The predicted molar refractivity (Wildman–Crippen MR) is 91.8 cm³/mol. The molecule has 0 amide bonds. The van der Waals surface area contributed by atoms with Crippen LogP contribution in [0.5, 0.6) is 0 Å². The van der Waals surface area contributed by atoms with Crippen LogP contribution in [0.1, 0.15) is 36.9 Å². The maximum atomic E-state index is 6.30. The van der Waals surface area contributed by atoms with Crippen LogP contribution >= 0.6 is 27.5 Å². The second-order valence-corrected chi connectivity index (χ2v) is 7.05. The molecule has 4 heteroatoms. The van der Waals surface area contributed by atoms with Crippen LogP contribution in [0.15, 0.2) is 41.1 Å². The molecule has 0 spiro atoms. The highest BCUT2D eigenvalue weighted by molar-refractivity contribution is 9.10. The van der Waals surface area contributed by atoms with E-state index >= 15 is 0 Å². The number of benzene rings is 1. The topological polar surface area (TPSA) is 17.0 Å². The van der Waals surface area contributed by atoms with Gasteiger partial charge >= 0.3 is 0 Å². The summed E-state index contributed by atoms with van der Waals surface area (Å²) in [7, 11) is 0. The van der Waals surface area contributed by atoms with Gasteiger partial charge in [0.2, 0.25) is 0 Å². The van der Waals surface area contributed by atoms with Crippen molar-refractivity contribution in [2.75, 3.05) is 6.54 Å². The lowest BCUT2D eigenvalue weighted by molar-refractivity contribution is 0.495. The van der Waals surface area contributed by atoms with Gasteiger partial charge in [-0.3, -0.25) is 0 Å². The smallest absolute Gasteiger partial charge is 0.0485 e. The normalized spacial score (nSPS) is 16.1. The van der Waals surface area contributed by atoms with E-state index in [0.717, 1.165) is 34.1 Å². The van der Waals surface area contributed by atoms with Gasteiger partial charge in [0, 0.05) is 34.5 Å². The van der Waals surface area contributed by atoms with E-state index in [-0.39, 0.29) is 0 Å². The minimum atomic E-state index is 0.511.